The van der Waals surface area contributed by atoms with Gasteiger partial charge in [0, 0.05) is 16.2 Å². The fraction of sp³-hybridized carbons (Fsp3) is 0.688. The number of hydrogen-bond donors (Lipinski definition) is 1. The van der Waals surface area contributed by atoms with Gasteiger partial charge in [0.2, 0.25) is 5.91 Å². The van der Waals surface area contributed by atoms with E-state index in [-0.39, 0.29) is 12.1 Å². The zero-order valence-corrected chi connectivity index (χ0v) is 14.6. The molecule has 116 valence electrons. The zero-order valence-electron chi connectivity index (χ0n) is 13.0. The summed E-state index contributed by atoms with van der Waals surface area (Å²) in [4.78, 5) is 16.5. The number of rotatable bonds is 4. The molecule has 1 amide bonds. The number of carbonyl (C=O) groups excluding carboxylic acids is 1. The monoisotopic (exact) mass is 324 g/mol. The molecule has 2 aliphatic rings. The molecular weight excluding hydrogens is 300 g/mol. The van der Waals surface area contributed by atoms with E-state index in [1.807, 2.05) is 11.8 Å². The molecule has 3 rings (SSSR count). The lowest BCUT2D eigenvalue weighted by Crippen LogP contribution is -2.46. The normalized spacial score (nSPS) is 36.6. The van der Waals surface area contributed by atoms with Gasteiger partial charge in [-0.15, -0.1) is 11.3 Å². The first-order chi connectivity index (χ1) is 10.1. The third-order valence-electron chi connectivity index (χ3n) is 5.04. The molecule has 1 aliphatic carbocycles. The summed E-state index contributed by atoms with van der Waals surface area (Å²) in [5.74, 6) is 0.286. The van der Waals surface area contributed by atoms with E-state index >= 15 is 0 Å². The van der Waals surface area contributed by atoms with Gasteiger partial charge in [-0.25, -0.2) is 0 Å². The second kappa shape index (κ2) is 5.94. The minimum atomic E-state index is -0.416. The van der Waals surface area contributed by atoms with E-state index in [2.05, 4.69) is 47.8 Å². The van der Waals surface area contributed by atoms with Crippen LogP contribution in [0.5, 0.6) is 0 Å². The van der Waals surface area contributed by atoms with Gasteiger partial charge < -0.3 is 4.90 Å². The quantitative estimate of drug-likeness (QED) is 0.918. The Morgan fingerprint density at radius 1 is 1.52 bits per heavy atom. The maximum Gasteiger partial charge on any atom is 0.244 e. The Balaban J connectivity index is 1.95. The van der Waals surface area contributed by atoms with Gasteiger partial charge in [-0.2, -0.15) is 11.8 Å². The summed E-state index contributed by atoms with van der Waals surface area (Å²) in [5.41, 5.74) is -0.416. The Bertz CT molecular complexity index is 504. The molecule has 3 nitrogen and oxygen atoms in total. The molecule has 1 saturated heterocycles. The molecule has 2 heterocycles. The molecular formula is C16H24N2OS2. The molecule has 21 heavy (non-hydrogen) atoms. The fourth-order valence-corrected chi connectivity index (χ4v) is 5.34. The van der Waals surface area contributed by atoms with Gasteiger partial charge in [0.25, 0.3) is 0 Å². The van der Waals surface area contributed by atoms with Crippen molar-refractivity contribution in [1.82, 2.24) is 10.2 Å². The van der Waals surface area contributed by atoms with Crippen molar-refractivity contribution in [3.63, 3.8) is 0 Å². The van der Waals surface area contributed by atoms with Crippen molar-refractivity contribution in [2.75, 3.05) is 6.26 Å². The van der Waals surface area contributed by atoms with Crippen LogP contribution in [0.25, 0.3) is 0 Å². The maximum absolute atomic E-state index is 13.1. The summed E-state index contributed by atoms with van der Waals surface area (Å²) in [7, 11) is 0. The van der Waals surface area contributed by atoms with E-state index in [1.54, 1.807) is 11.3 Å². The molecule has 0 aromatic carbocycles. The van der Waals surface area contributed by atoms with E-state index in [0.717, 1.165) is 12.8 Å². The van der Waals surface area contributed by atoms with Crippen LogP contribution in [0.2, 0.25) is 0 Å². The smallest absolute Gasteiger partial charge is 0.244 e. The van der Waals surface area contributed by atoms with Crippen LogP contribution in [0, 0.1) is 0 Å². The van der Waals surface area contributed by atoms with Gasteiger partial charge >= 0.3 is 0 Å². The molecule has 0 spiro atoms. The molecule has 4 atom stereocenters. The first-order valence-electron chi connectivity index (χ1n) is 7.77. The number of thioether (sulfide) groups is 1. The molecule has 1 N–H and O–H groups in total. The predicted molar refractivity (Wildman–Crippen MR) is 90.7 cm³/mol. The van der Waals surface area contributed by atoms with Crippen molar-refractivity contribution in [3.8, 4) is 0 Å². The highest BCUT2D eigenvalue weighted by Gasteiger charge is 2.51. The van der Waals surface area contributed by atoms with Gasteiger partial charge in [-0.05, 0) is 43.9 Å². The number of carbonyl (C=O) groups is 1. The Morgan fingerprint density at radius 2 is 2.33 bits per heavy atom. The molecule has 1 saturated carbocycles. The average molecular weight is 325 g/mol. The van der Waals surface area contributed by atoms with Crippen LogP contribution in [0.3, 0.4) is 0 Å². The van der Waals surface area contributed by atoms with Crippen LogP contribution in [0.4, 0.5) is 0 Å². The van der Waals surface area contributed by atoms with E-state index < -0.39 is 5.54 Å². The zero-order chi connectivity index (χ0) is 15.0. The van der Waals surface area contributed by atoms with Crippen molar-refractivity contribution < 1.29 is 4.79 Å². The van der Waals surface area contributed by atoms with Gasteiger partial charge in [0.05, 0.1) is 5.54 Å². The summed E-state index contributed by atoms with van der Waals surface area (Å²) >= 11 is 3.66. The van der Waals surface area contributed by atoms with Gasteiger partial charge in [0.1, 0.15) is 6.17 Å². The van der Waals surface area contributed by atoms with Crippen molar-refractivity contribution >= 4 is 29.0 Å². The molecule has 1 aromatic rings. The Kier molecular flexibility index (Phi) is 4.35. The average Bonchev–Trinajstić information content (AvgIpc) is 3.20. The van der Waals surface area contributed by atoms with E-state index in [0.29, 0.717) is 11.3 Å². The fourth-order valence-electron chi connectivity index (χ4n) is 3.59. The van der Waals surface area contributed by atoms with Gasteiger partial charge in [-0.3, -0.25) is 10.1 Å². The lowest BCUT2D eigenvalue weighted by molar-refractivity contribution is -0.135. The summed E-state index contributed by atoms with van der Waals surface area (Å²) < 4.78 is 0. The number of hydrogen-bond acceptors (Lipinski definition) is 4. The predicted octanol–water partition coefficient (Wildman–Crippen LogP) is 3.63. The summed E-state index contributed by atoms with van der Waals surface area (Å²) in [6.07, 6.45) is 6.67. The molecule has 2 fully saturated rings. The molecule has 0 bridgehead atoms. The van der Waals surface area contributed by atoms with Crippen molar-refractivity contribution in [1.29, 1.82) is 0 Å². The number of amides is 1. The highest BCUT2D eigenvalue weighted by atomic mass is 32.2. The number of thiophene rings is 1. The summed E-state index contributed by atoms with van der Waals surface area (Å²) in [6, 6.07) is 4.60. The van der Waals surface area contributed by atoms with Crippen LogP contribution in [-0.4, -0.2) is 33.9 Å². The molecule has 5 heteroatoms. The minimum Gasteiger partial charge on any atom is -0.316 e. The first-order valence-corrected chi connectivity index (χ1v) is 9.94. The standard InChI is InChI=1S/C16H24N2OS2/c1-4-16(2)15(19)18(11-7-5-8-12(11)20-3)14(17-16)13-9-6-10-21-13/h6,9-12,14,17H,4-5,7-8H2,1-3H3. The second-order valence-corrected chi connectivity index (χ2v) is 8.29. The lowest BCUT2D eigenvalue weighted by atomic mass is 9.99. The van der Waals surface area contributed by atoms with Crippen LogP contribution >= 0.6 is 23.1 Å². The molecule has 1 aliphatic heterocycles. The van der Waals surface area contributed by atoms with Crippen LogP contribution < -0.4 is 5.32 Å². The van der Waals surface area contributed by atoms with E-state index in [9.17, 15) is 4.79 Å². The summed E-state index contributed by atoms with van der Waals surface area (Å²) in [5, 5.41) is 6.30. The van der Waals surface area contributed by atoms with E-state index in [4.69, 9.17) is 0 Å². The minimum absolute atomic E-state index is 0.0557. The summed E-state index contributed by atoms with van der Waals surface area (Å²) in [6.45, 7) is 4.15. The highest BCUT2D eigenvalue weighted by molar-refractivity contribution is 7.99. The van der Waals surface area contributed by atoms with Crippen LogP contribution in [-0.2, 0) is 4.79 Å². The van der Waals surface area contributed by atoms with Gasteiger partial charge in [-0.1, -0.05) is 19.4 Å². The lowest BCUT2D eigenvalue weighted by Gasteiger charge is -2.33. The van der Waals surface area contributed by atoms with Crippen LogP contribution in [0.15, 0.2) is 17.5 Å². The topological polar surface area (TPSA) is 32.3 Å². The van der Waals surface area contributed by atoms with E-state index in [1.165, 1.54) is 17.7 Å². The first kappa shape index (κ1) is 15.4. The Hall–Kier alpha value is -0.520. The Labute approximate surface area is 135 Å². The number of nitrogens with one attached hydrogen (secondary N) is 1. The maximum atomic E-state index is 13.1. The molecule has 0 radical (unpaired) electrons. The third kappa shape index (κ3) is 2.53. The van der Waals surface area contributed by atoms with Gasteiger partial charge in [0.15, 0.2) is 0 Å². The largest absolute Gasteiger partial charge is 0.316 e. The molecule has 4 unspecified atom stereocenters. The second-order valence-electron chi connectivity index (χ2n) is 6.23. The van der Waals surface area contributed by atoms with Crippen molar-refractivity contribution in [3.05, 3.63) is 22.4 Å². The van der Waals surface area contributed by atoms with Crippen LogP contribution in [0.1, 0.15) is 50.6 Å². The van der Waals surface area contributed by atoms with Crippen molar-refractivity contribution in [2.45, 2.75) is 62.5 Å². The van der Waals surface area contributed by atoms with Crippen molar-refractivity contribution in [2.24, 2.45) is 0 Å². The third-order valence-corrected chi connectivity index (χ3v) is 7.12. The number of nitrogens with zero attached hydrogens (tertiary/aromatic N) is 1. The molecule has 1 aromatic heterocycles. The SMILES string of the molecule is CCC1(C)NC(c2cccs2)N(C2CCCC2SC)C1=O. The Morgan fingerprint density at radius 3 is 2.95 bits per heavy atom. The highest BCUT2D eigenvalue weighted by Crippen LogP contribution is 2.42.